The van der Waals surface area contributed by atoms with Gasteiger partial charge in [0.25, 0.3) is 0 Å². The van der Waals surface area contributed by atoms with E-state index >= 15 is 0 Å². The molecular weight excluding hydrogens is 363 g/mol. The maximum Gasteiger partial charge on any atom is 0.123 e. The van der Waals surface area contributed by atoms with Crippen LogP contribution in [-0.2, 0) is 6.54 Å². The van der Waals surface area contributed by atoms with E-state index in [1.165, 1.54) is 28.8 Å². The third kappa shape index (κ3) is 3.43. The largest absolute Gasteiger partial charge is 0.394 e. The molecular formula is C25H25FN2O. The molecule has 148 valence electrons. The summed E-state index contributed by atoms with van der Waals surface area (Å²) in [6.45, 7) is 1.89. The van der Waals surface area contributed by atoms with Crippen LogP contribution in [0.25, 0.3) is 11.1 Å². The first-order valence-electron chi connectivity index (χ1n) is 10.3. The molecule has 0 aromatic heterocycles. The molecule has 3 aromatic rings. The molecule has 1 fully saturated rings. The highest BCUT2D eigenvalue weighted by Crippen LogP contribution is 2.47. The Morgan fingerprint density at radius 1 is 0.966 bits per heavy atom. The van der Waals surface area contributed by atoms with Crippen molar-refractivity contribution in [3.63, 3.8) is 0 Å². The van der Waals surface area contributed by atoms with Crippen molar-refractivity contribution in [2.24, 2.45) is 5.92 Å². The number of rotatable bonds is 4. The van der Waals surface area contributed by atoms with Crippen molar-refractivity contribution in [2.75, 3.05) is 18.5 Å². The summed E-state index contributed by atoms with van der Waals surface area (Å²) in [5.41, 5.74) is 5.93. The number of halogens is 1. The van der Waals surface area contributed by atoms with Gasteiger partial charge in [0.1, 0.15) is 5.82 Å². The van der Waals surface area contributed by atoms with Gasteiger partial charge in [-0.25, -0.2) is 4.39 Å². The van der Waals surface area contributed by atoms with Crippen LogP contribution in [0.4, 0.5) is 10.1 Å². The first-order valence-corrected chi connectivity index (χ1v) is 10.3. The van der Waals surface area contributed by atoms with E-state index in [9.17, 15) is 9.50 Å². The molecule has 3 aromatic carbocycles. The molecule has 3 nitrogen and oxygen atoms in total. The van der Waals surface area contributed by atoms with Crippen LogP contribution >= 0.6 is 0 Å². The van der Waals surface area contributed by atoms with Gasteiger partial charge in [0, 0.05) is 24.2 Å². The molecule has 5 rings (SSSR count). The van der Waals surface area contributed by atoms with Gasteiger partial charge < -0.3 is 10.4 Å². The van der Waals surface area contributed by atoms with Crippen molar-refractivity contribution in [2.45, 2.75) is 25.0 Å². The Balaban J connectivity index is 1.52. The van der Waals surface area contributed by atoms with Crippen LogP contribution < -0.4 is 5.32 Å². The molecule has 0 saturated carbocycles. The van der Waals surface area contributed by atoms with Gasteiger partial charge in [0.15, 0.2) is 0 Å². The zero-order valence-corrected chi connectivity index (χ0v) is 16.3. The number of hydrogen-bond acceptors (Lipinski definition) is 3. The van der Waals surface area contributed by atoms with Crippen LogP contribution in [-0.4, -0.2) is 29.2 Å². The Kier molecular flexibility index (Phi) is 4.82. The molecule has 0 radical (unpaired) electrons. The van der Waals surface area contributed by atoms with Crippen molar-refractivity contribution in [1.29, 1.82) is 0 Å². The summed E-state index contributed by atoms with van der Waals surface area (Å²) in [6.07, 6.45) is 1.04. The Hall–Kier alpha value is -2.69. The van der Waals surface area contributed by atoms with Crippen molar-refractivity contribution in [3.05, 3.63) is 89.7 Å². The Morgan fingerprint density at radius 3 is 2.52 bits per heavy atom. The summed E-state index contributed by atoms with van der Waals surface area (Å²) >= 11 is 0. The molecule has 2 aliphatic rings. The van der Waals surface area contributed by atoms with E-state index in [4.69, 9.17) is 0 Å². The van der Waals surface area contributed by atoms with Crippen LogP contribution in [0.3, 0.4) is 0 Å². The van der Waals surface area contributed by atoms with Crippen LogP contribution in [0.2, 0.25) is 0 Å². The molecule has 2 heterocycles. The molecule has 2 N–H and O–H groups in total. The predicted octanol–water partition coefficient (Wildman–Crippen LogP) is 4.84. The van der Waals surface area contributed by atoms with E-state index in [2.05, 4.69) is 52.7 Å². The summed E-state index contributed by atoms with van der Waals surface area (Å²) in [6, 6.07) is 24.1. The standard InChI is InChI=1S/C25H25FN2O/c26-20-9-6-17(7-10-20)15-28-13-12-21-24(16-29)27-23-11-8-19(14-22(23)25(21)28)18-4-2-1-3-5-18/h1-11,14,21,24-25,27,29H,12-13,15-16H2/t21-,24-,25-/m0/s1. The van der Waals surface area contributed by atoms with E-state index in [0.29, 0.717) is 5.92 Å². The third-order valence-electron chi connectivity index (χ3n) is 6.38. The van der Waals surface area contributed by atoms with Gasteiger partial charge in [-0.15, -0.1) is 0 Å². The normalized spacial score (nSPS) is 23.3. The second kappa shape index (κ2) is 7.62. The number of benzene rings is 3. The zero-order valence-electron chi connectivity index (χ0n) is 16.3. The molecule has 1 saturated heterocycles. The lowest BCUT2D eigenvalue weighted by molar-refractivity contribution is 0.172. The summed E-state index contributed by atoms with van der Waals surface area (Å²) in [5.74, 6) is 0.159. The number of aliphatic hydroxyl groups excluding tert-OH is 1. The fraction of sp³-hybridized carbons (Fsp3) is 0.280. The van der Waals surface area contributed by atoms with E-state index in [-0.39, 0.29) is 24.5 Å². The second-order valence-electron chi connectivity index (χ2n) is 8.10. The van der Waals surface area contributed by atoms with Gasteiger partial charge in [0.2, 0.25) is 0 Å². The fourth-order valence-electron chi connectivity index (χ4n) is 4.97. The first kappa shape index (κ1) is 18.3. The summed E-state index contributed by atoms with van der Waals surface area (Å²) in [7, 11) is 0. The molecule has 2 aliphatic heterocycles. The minimum absolute atomic E-state index is 0.0632. The van der Waals surface area contributed by atoms with Gasteiger partial charge in [-0.1, -0.05) is 48.5 Å². The van der Waals surface area contributed by atoms with Crippen LogP contribution in [0.5, 0.6) is 0 Å². The number of fused-ring (bicyclic) bond motifs is 3. The smallest absolute Gasteiger partial charge is 0.123 e. The lowest BCUT2D eigenvalue weighted by Gasteiger charge is -2.39. The van der Waals surface area contributed by atoms with E-state index in [0.717, 1.165) is 30.8 Å². The van der Waals surface area contributed by atoms with Gasteiger partial charge in [-0.3, -0.25) is 4.90 Å². The predicted molar refractivity (Wildman–Crippen MR) is 114 cm³/mol. The number of hydrogen-bond donors (Lipinski definition) is 2. The molecule has 0 bridgehead atoms. The minimum atomic E-state index is -0.201. The van der Waals surface area contributed by atoms with E-state index < -0.39 is 0 Å². The molecule has 0 unspecified atom stereocenters. The molecule has 3 atom stereocenters. The van der Waals surface area contributed by atoms with Crippen molar-refractivity contribution in [1.82, 2.24) is 4.90 Å². The highest BCUT2D eigenvalue weighted by molar-refractivity contribution is 5.70. The molecule has 4 heteroatoms. The summed E-state index contributed by atoms with van der Waals surface area (Å²) in [4.78, 5) is 2.48. The Bertz CT molecular complexity index is 989. The first-order chi connectivity index (χ1) is 14.2. The zero-order chi connectivity index (χ0) is 19.8. The van der Waals surface area contributed by atoms with Crippen molar-refractivity contribution < 1.29 is 9.50 Å². The van der Waals surface area contributed by atoms with Gasteiger partial charge in [-0.05, 0) is 59.5 Å². The minimum Gasteiger partial charge on any atom is -0.394 e. The summed E-state index contributed by atoms with van der Waals surface area (Å²) in [5, 5.41) is 13.5. The van der Waals surface area contributed by atoms with Gasteiger partial charge >= 0.3 is 0 Å². The summed E-state index contributed by atoms with van der Waals surface area (Å²) < 4.78 is 13.3. The third-order valence-corrected chi connectivity index (χ3v) is 6.38. The van der Waals surface area contributed by atoms with Gasteiger partial charge in [0.05, 0.1) is 12.6 Å². The maximum atomic E-state index is 13.3. The Labute approximate surface area is 170 Å². The molecule has 0 aliphatic carbocycles. The molecule has 0 amide bonds. The van der Waals surface area contributed by atoms with E-state index in [1.807, 2.05) is 18.2 Å². The molecule has 29 heavy (non-hydrogen) atoms. The van der Waals surface area contributed by atoms with Crippen LogP contribution in [0, 0.1) is 11.7 Å². The highest BCUT2D eigenvalue weighted by Gasteiger charge is 2.43. The lowest BCUT2D eigenvalue weighted by Crippen LogP contribution is -2.41. The topological polar surface area (TPSA) is 35.5 Å². The highest BCUT2D eigenvalue weighted by atomic mass is 19.1. The monoisotopic (exact) mass is 388 g/mol. The number of aliphatic hydroxyl groups is 1. The maximum absolute atomic E-state index is 13.3. The van der Waals surface area contributed by atoms with Crippen LogP contribution in [0.1, 0.15) is 23.6 Å². The van der Waals surface area contributed by atoms with Crippen molar-refractivity contribution >= 4 is 5.69 Å². The van der Waals surface area contributed by atoms with Gasteiger partial charge in [-0.2, -0.15) is 0 Å². The van der Waals surface area contributed by atoms with E-state index in [1.54, 1.807) is 0 Å². The van der Waals surface area contributed by atoms with Crippen molar-refractivity contribution in [3.8, 4) is 11.1 Å². The molecule has 0 spiro atoms. The van der Waals surface area contributed by atoms with Crippen LogP contribution in [0.15, 0.2) is 72.8 Å². The number of nitrogens with zero attached hydrogens (tertiary/aromatic N) is 1. The number of nitrogens with one attached hydrogen (secondary N) is 1. The number of anilines is 1. The average Bonchev–Trinajstić information content (AvgIpc) is 3.19. The quantitative estimate of drug-likeness (QED) is 0.671. The second-order valence-corrected chi connectivity index (χ2v) is 8.10. The average molecular weight is 388 g/mol. The number of likely N-dealkylation sites (tertiary alicyclic amines) is 1. The Morgan fingerprint density at radius 2 is 1.76 bits per heavy atom. The lowest BCUT2D eigenvalue weighted by atomic mass is 9.82. The fourth-order valence-corrected chi connectivity index (χ4v) is 4.97. The SMILES string of the molecule is OC[C@@H]1Nc2ccc(-c3ccccc3)cc2[C@@H]2[C@H]1CCN2Cc1ccc(F)cc1.